The summed E-state index contributed by atoms with van der Waals surface area (Å²) in [5, 5.41) is 12.5. The summed E-state index contributed by atoms with van der Waals surface area (Å²) in [6.45, 7) is 0.687. The van der Waals surface area contributed by atoms with Crippen molar-refractivity contribution in [2.75, 3.05) is 11.9 Å². The van der Waals surface area contributed by atoms with Gasteiger partial charge in [-0.1, -0.05) is 36.4 Å². The van der Waals surface area contributed by atoms with Gasteiger partial charge < -0.3 is 19.9 Å². The van der Waals surface area contributed by atoms with Gasteiger partial charge in [-0.15, -0.1) is 0 Å². The number of carbonyl (C=O) groups is 2. The van der Waals surface area contributed by atoms with Crippen LogP contribution in [0.5, 0.6) is 17.2 Å². The van der Waals surface area contributed by atoms with E-state index in [-0.39, 0.29) is 11.5 Å². The van der Waals surface area contributed by atoms with Crippen LogP contribution in [-0.2, 0) is 0 Å². The quantitative estimate of drug-likeness (QED) is 0.273. The minimum atomic E-state index is -1.08. The van der Waals surface area contributed by atoms with E-state index < -0.39 is 5.97 Å². The second kappa shape index (κ2) is 10.4. The van der Waals surface area contributed by atoms with E-state index in [0.717, 1.165) is 11.3 Å². The Balaban J connectivity index is 1.37. The van der Waals surface area contributed by atoms with Crippen molar-refractivity contribution >= 4 is 17.6 Å². The van der Waals surface area contributed by atoms with Gasteiger partial charge in [-0.05, 0) is 90.6 Å². The fourth-order valence-corrected chi connectivity index (χ4v) is 3.78. The maximum atomic E-state index is 13.0. The molecule has 1 aliphatic carbocycles. The first-order chi connectivity index (χ1) is 17.5. The average Bonchev–Trinajstić information content (AvgIpc) is 3.73. The second-order valence-corrected chi connectivity index (χ2v) is 8.78. The van der Waals surface area contributed by atoms with Gasteiger partial charge in [-0.3, -0.25) is 4.79 Å². The molecule has 0 bridgehead atoms. The predicted octanol–water partition coefficient (Wildman–Crippen LogP) is 6.89. The highest BCUT2D eigenvalue weighted by Gasteiger charge is 2.22. The Kier molecular flexibility index (Phi) is 6.67. The molecule has 0 aliphatic heterocycles. The number of aromatic carboxylic acids is 1. The smallest absolute Gasteiger partial charge is 0.335 e. The van der Waals surface area contributed by atoms with Crippen molar-refractivity contribution in [3.63, 3.8) is 0 Å². The van der Waals surface area contributed by atoms with Crippen molar-refractivity contribution in [1.29, 1.82) is 0 Å². The molecule has 0 heterocycles. The van der Waals surface area contributed by atoms with E-state index in [4.69, 9.17) is 9.47 Å². The Bertz CT molecular complexity index is 1400. The Morgan fingerprint density at radius 2 is 1.50 bits per heavy atom. The molecule has 6 nitrogen and oxygen atoms in total. The van der Waals surface area contributed by atoms with Crippen LogP contribution in [0.25, 0.3) is 11.1 Å². The van der Waals surface area contributed by atoms with E-state index in [9.17, 15) is 14.7 Å². The molecule has 1 fully saturated rings. The Hall–Kier alpha value is -4.58. The van der Waals surface area contributed by atoms with Crippen molar-refractivity contribution < 1.29 is 24.2 Å². The molecule has 5 rings (SSSR count). The summed E-state index contributed by atoms with van der Waals surface area (Å²) >= 11 is 0. The average molecular weight is 480 g/mol. The highest BCUT2D eigenvalue weighted by molar-refractivity contribution is 6.05. The van der Waals surface area contributed by atoms with Crippen LogP contribution in [0.15, 0.2) is 97.1 Å². The summed E-state index contributed by atoms with van der Waals surface area (Å²) in [5.74, 6) is 1.10. The molecule has 36 heavy (non-hydrogen) atoms. The first-order valence-electron chi connectivity index (χ1n) is 11.8. The van der Waals surface area contributed by atoms with Gasteiger partial charge in [0.15, 0.2) is 0 Å². The predicted molar refractivity (Wildman–Crippen MR) is 138 cm³/mol. The highest BCUT2D eigenvalue weighted by atomic mass is 16.5. The number of amides is 1. The summed E-state index contributed by atoms with van der Waals surface area (Å²) in [7, 11) is 0. The van der Waals surface area contributed by atoms with Gasteiger partial charge in [-0.2, -0.15) is 0 Å². The lowest BCUT2D eigenvalue weighted by molar-refractivity contribution is 0.0696. The zero-order chi connectivity index (χ0) is 24.9. The van der Waals surface area contributed by atoms with Crippen LogP contribution in [0.1, 0.15) is 33.6 Å². The van der Waals surface area contributed by atoms with Gasteiger partial charge in [0.2, 0.25) is 0 Å². The molecule has 1 saturated carbocycles. The first kappa shape index (κ1) is 23.2. The third kappa shape index (κ3) is 5.91. The van der Waals surface area contributed by atoms with Gasteiger partial charge in [0.1, 0.15) is 17.2 Å². The van der Waals surface area contributed by atoms with E-state index in [1.807, 2.05) is 54.6 Å². The van der Waals surface area contributed by atoms with Crippen LogP contribution in [0.4, 0.5) is 5.69 Å². The van der Waals surface area contributed by atoms with Crippen molar-refractivity contribution in [2.45, 2.75) is 12.8 Å². The molecule has 1 amide bonds. The second-order valence-electron chi connectivity index (χ2n) is 8.78. The van der Waals surface area contributed by atoms with E-state index >= 15 is 0 Å². The zero-order valence-electron chi connectivity index (χ0n) is 19.5. The number of carboxylic acids is 1. The Morgan fingerprint density at radius 3 is 2.28 bits per heavy atom. The van der Waals surface area contributed by atoms with Gasteiger partial charge in [0.25, 0.3) is 5.91 Å². The van der Waals surface area contributed by atoms with Gasteiger partial charge in [0, 0.05) is 11.3 Å². The minimum Gasteiger partial charge on any atom is -0.493 e. The van der Waals surface area contributed by atoms with Crippen molar-refractivity contribution in [3.05, 3.63) is 108 Å². The van der Waals surface area contributed by atoms with Crippen LogP contribution in [0.3, 0.4) is 0 Å². The standard InChI is InChI=1S/C30H25NO5/c32-29(22-7-5-11-28(18-22)36-26-8-2-1-3-9-26)31-25-15-23(14-24(16-25)30(33)34)21-6-4-10-27(17-21)35-19-20-12-13-20/h1-11,14-18,20H,12-13,19H2,(H,31,32)(H,33,34). The molecule has 6 heteroatoms. The summed E-state index contributed by atoms with van der Waals surface area (Å²) in [6.07, 6.45) is 2.40. The number of para-hydroxylation sites is 1. The van der Waals surface area contributed by atoms with E-state index in [0.29, 0.717) is 40.8 Å². The summed E-state index contributed by atoms with van der Waals surface area (Å²) in [4.78, 5) is 24.8. The minimum absolute atomic E-state index is 0.0771. The molecular weight excluding hydrogens is 454 g/mol. The number of ether oxygens (including phenoxy) is 2. The number of nitrogens with one attached hydrogen (secondary N) is 1. The molecule has 0 saturated heterocycles. The Labute approximate surface area is 209 Å². The lowest BCUT2D eigenvalue weighted by Crippen LogP contribution is -2.12. The molecular formula is C30H25NO5. The number of anilines is 1. The van der Waals surface area contributed by atoms with Crippen LogP contribution in [0.2, 0.25) is 0 Å². The number of hydrogen-bond donors (Lipinski definition) is 2. The van der Waals surface area contributed by atoms with Crippen molar-refractivity contribution in [2.24, 2.45) is 5.92 Å². The van der Waals surface area contributed by atoms with E-state index in [1.165, 1.54) is 18.9 Å². The monoisotopic (exact) mass is 479 g/mol. The van der Waals surface area contributed by atoms with Gasteiger partial charge in [-0.25, -0.2) is 4.79 Å². The molecule has 180 valence electrons. The fourth-order valence-electron chi connectivity index (χ4n) is 3.78. The number of rotatable bonds is 9. The molecule has 4 aromatic carbocycles. The van der Waals surface area contributed by atoms with Crippen LogP contribution < -0.4 is 14.8 Å². The third-order valence-corrected chi connectivity index (χ3v) is 5.86. The van der Waals surface area contributed by atoms with Crippen LogP contribution in [-0.4, -0.2) is 23.6 Å². The molecule has 0 radical (unpaired) electrons. The van der Waals surface area contributed by atoms with Crippen molar-refractivity contribution in [3.8, 4) is 28.4 Å². The van der Waals surface area contributed by atoms with Gasteiger partial charge in [0.05, 0.1) is 12.2 Å². The molecule has 0 spiro atoms. The molecule has 2 N–H and O–H groups in total. The normalized spacial score (nSPS) is 12.6. The fraction of sp³-hybridized carbons (Fsp3) is 0.133. The SMILES string of the molecule is O=C(O)c1cc(NC(=O)c2cccc(Oc3ccccc3)c2)cc(-c2cccc(OCC3CC3)c2)c1. The number of hydrogen-bond acceptors (Lipinski definition) is 4. The van der Waals surface area contributed by atoms with E-state index in [2.05, 4.69) is 5.32 Å². The molecule has 0 aromatic heterocycles. The van der Waals surface area contributed by atoms with Gasteiger partial charge >= 0.3 is 5.97 Å². The maximum absolute atomic E-state index is 13.0. The summed E-state index contributed by atoms with van der Waals surface area (Å²) in [6, 6.07) is 28.5. The van der Waals surface area contributed by atoms with E-state index in [1.54, 1.807) is 36.4 Å². The number of carbonyl (C=O) groups excluding carboxylic acids is 1. The van der Waals surface area contributed by atoms with Crippen LogP contribution >= 0.6 is 0 Å². The summed E-state index contributed by atoms with van der Waals surface area (Å²) < 4.78 is 11.7. The maximum Gasteiger partial charge on any atom is 0.335 e. The molecule has 0 unspecified atom stereocenters. The zero-order valence-corrected chi connectivity index (χ0v) is 19.5. The Morgan fingerprint density at radius 1 is 0.750 bits per heavy atom. The summed E-state index contributed by atoms with van der Waals surface area (Å²) in [5.41, 5.74) is 2.33. The lowest BCUT2D eigenvalue weighted by Gasteiger charge is -2.12. The first-order valence-corrected chi connectivity index (χ1v) is 11.8. The third-order valence-electron chi connectivity index (χ3n) is 5.86. The molecule has 1 aliphatic rings. The molecule has 0 atom stereocenters. The topological polar surface area (TPSA) is 84.9 Å². The highest BCUT2D eigenvalue weighted by Crippen LogP contribution is 2.32. The number of benzene rings is 4. The van der Waals surface area contributed by atoms with Crippen molar-refractivity contribution in [1.82, 2.24) is 0 Å². The largest absolute Gasteiger partial charge is 0.493 e. The number of carboxylic acid groups (broad SMARTS) is 1. The van der Waals surface area contributed by atoms with Crippen LogP contribution in [0, 0.1) is 5.92 Å². The molecule has 4 aromatic rings. The lowest BCUT2D eigenvalue weighted by atomic mass is 10.0.